The van der Waals surface area contributed by atoms with E-state index >= 15 is 0 Å². The van der Waals surface area contributed by atoms with Gasteiger partial charge >= 0.3 is 188 Å². The Morgan fingerprint density at radius 3 is 2.77 bits per heavy atom. The Bertz CT molecular complexity index is 1270. The van der Waals surface area contributed by atoms with E-state index in [1.807, 2.05) is 18.3 Å². The van der Waals surface area contributed by atoms with Crippen LogP contribution in [0.3, 0.4) is 0 Å². The van der Waals surface area contributed by atoms with Gasteiger partial charge in [-0.25, -0.2) is 0 Å². The molecule has 6 rings (SSSR count). The minimum absolute atomic E-state index is 0.150. The molecule has 144 valence electrons. The van der Waals surface area contributed by atoms with Crippen LogP contribution in [0.4, 0.5) is 11.4 Å². The van der Waals surface area contributed by atoms with Gasteiger partial charge in [0.15, 0.2) is 0 Å². The van der Waals surface area contributed by atoms with E-state index < -0.39 is 20.9 Å². The first-order chi connectivity index (χ1) is 14.7. The molecule has 0 bridgehead atoms. The van der Waals surface area contributed by atoms with Crippen molar-refractivity contribution in [3.63, 3.8) is 0 Å². The zero-order valence-electron chi connectivity index (χ0n) is 15.7. The number of anilines is 2. The van der Waals surface area contributed by atoms with Crippen molar-refractivity contribution in [1.29, 1.82) is 0 Å². The number of carbonyl (C=O) groups is 2. The maximum atomic E-state index is 12.6. The van der Waals surface area contributed by atoms with Crippen LogP contribution in [0.5, 0.6) is 0 Å². The summed E-state index contributed by atoms with van der Waals surface area (Å²) in [5, 5.41) is 1.80. The van der Waals surface area contributed by atoms with Gasteiger partial charge in [-0.05, 0) is 0 Å². The van der Waals surface area contributed by atoms with Crippen LogP contribution in [0, 0.1) is 0 Å². The van der Waals surface area contributed by atoms with Gasteiger partial charge in [-0.3, -0.25) is 0 Å². The molecule has 1 aliphatic heterocycles. The fourth-order valence-electron chi connectivity index (χ4n) is 4.04. The topological polar surface area (TPSA) is 50.3 Å². The number of aromatic nitrogens is 1. The summed E-state index contributed by atoms with van der Waals surface area (Å²) in [7, 11) is 0. The van der Waals surface area contributed by atoms with Crippen molar-refractivity contribution in [3.05, 3.63) is 99.6 Å². The molecule has 0 saturated carbocycles. The van der Waals surface area contributed by atoms with E-state index in [9.17, 15) is 9.59 Å². The number of carbonyl (C=O) groups excluding carboxylic acids is 2. The number of nitrogens with zero attached hydrogens (tertiary/aromatic N) is 2. The van der Waals surface area contributed by atoms with Crippen molar-refractivity contribution < 1.29 is 9.59 Å². The van der Waals surface area contributed by atoms with E-state index in [0.29, 0.717) is 16.9 Å². The molecule has 0 atom stereocenters. The minimum atomic E-state index is -0.527. The Balaban J connectivity index is 1.33. The molecule has 0 N–H and O–H groups in total. The molecule has 30 heavy (non-hydrogen) atoms. The zero-order chi connectivity index (χ0) is 20.2. The standard InChI is InChI=1S/C24H14N2O2STe/c27-21-16-9-11-29-23(16)22(28)17(21)13-14-7-8-15(12-14)26-18-4-1-2-6-20(18)30-24-19(26)5-3-10-25-24/h1-11,13H,12H2/b17-13+. The summed E-state index contributed by atoms with van der Waals surface area (Å²) >= 11 is 0.811. The number of pyridine rings is 1. The summed E-state index contributed by atoms with van der Waals surface area (Å²) in [4.78, 5) is 32.7. The molecule has 0 amide bonds. The van der Waals surface area contributed by atoms with Crippen LogP contribution < -0.4 is 12.3 Å². The quantitative estimate of drug-likeness (QED) is 0.294. The molecule has 0 radical (unpaired) electrons. The summed E-state index contributed by atoms with van der Waals surface area (Å²) in [6, 6.07) is 14.4. The van der Waals surface area contributed by atoms with Gasteiger partial charge in [-0.15, -0.1) is 0 Å². The number of hydrogen-bond donors (Lipinski definition) is 0. The fraction of sp³-hybridized carbons (Fsp3) is 0.0417. The SMILES string of the molecule is O=C1/C(=C\C2=CC=C(N3c4ccccc4[Te]c4ncccc43)C2)C(=O)c2sccc21. The number of rotatable bonds is 2. The van der Waals surface area contributed by atoms with Crippen molar-refractivity contribution in [2.75, 3.05) is 4.90 Å². The Morgan fingerprint density at radius 1 is 1.00 bits per heavy atom. The number of fused-ring (bicyclic) bond motifs is 3. The van der Waals surface area contributed by atoms with Gasteiger partial charge in [0.2, 0.25) is 0 Å². The van der Waals surface area contributed by atoms with Crippen LogP contribution in [0.1, 0.15) is 26.5 Å². The Morgan fingerprint density at radius 2 is 1.87 bits per heavy atom. The predicted molar refractivity (Wildman–Crippen MR) is 120 cm³/mol. The van der Waals surface area contributed by atoms with Crippen molar-refractivity contribution in [2.24, 2.45) is 0 Å². The van der Waals surface area contributed by atoms with E-state index in [2.05, 4.69) is 46.3 Å². The summed E-state index contributed by atoms with van der Waals surface area (Å²) in [5.41, 5.74) is 5.28. The third-order valence-electron chi connectivity index (χ3n) is 5.40. The van der Waals surface area contributed by atoms with Gasteiger partial charge in [0, 0.05) is 0 Å². The number of allylic oxidation sites excluding steroid dienone is 5. The first-order valence-corrected chi connectivity index (χ1v) is 12.7. The second-order valence-corrected chi connectivity index (χ2v) is 11.0. The second kappa shape index (κ2) is 6.88. The number of thiophene rings is 1. The van der Waals surface area contributed by atoms with Gasteiger partial charge < -0.3 is 0 Å². The normalized spacial score (nSPS) is 18.3. The molecule has 4 nitrogen and oxygen atoms in total. The Labute approximate surface area is 187 Å². The number of hydrogen-bond acceptors (Lipinski definition) is 5. The molecular formula is C24H14N2O2STe. The molecule has 0 spiro atoms. The van der Waals surface area contributed by atoms with Gasteiger partial charge in [-0.1, -0.05) is 0 Å². The Hall–Kier alpha value is -2.78. The average molecular weight is 522 g/mol. The second-order valence-electron chi connectivity index (χ2n) is 7.19. The summed E-state index contributed by atoms with van der Waals surface area (Å²) in [5.74, 6) is -0.308. The molecule has 1 aromatic carbocycles. The van der Waals surface area contributed by atoms with Crippen molar-refractivity contribution in [2.45, 2.75) is 6.42 Å². The van der Waals surface area contributed by atoms with Crippen LogP contribution in [0.25, 0.3) is 0 Å². The number of para-hydroxylation sites is 1. The van der Waals surface area contributed by atoms with Crippen molar-refractivity contribution >= 4 is 62.6 Å². The molecule has 3 heterocycles. The van der Waals surface area contributed by atoms with Crippen molar-refractivity contribution in [1.82, 2.24) is 4.98 Å². The van der Waals surface area contributed by atoms with E-state index in [4.69, 9.17) is 0 Å². The summed E-state index contributed by atoms with van der Waals surface area (Å²) in [6.45, 7) is 0. The molecule has 0 fully saturated rings. The summed E-state index contributed by atoms with van der Waals surface area (Å²) < 4.78 is 2.55. The van der Waals surface area contributed by atoms with Gasteiger partial charge in [-0.2, -0.15) is 0 Å². The van der Waals surface area contributed by atoms with E-state index in [1.165, 1.54) is 24.4 Å². The monoisotopic (exact) mass is 524 g/mol. The maximum absolute atomic E-state index is 12.6. The van der Waals surface area contributed by atoms with Crippen LogP contribution in [-0.4, -0.2) is 37.5 Å². The van der Waals surface area contributed by atoms with Crippen LogP contribution in [0.15, 0.2) is 89.1 Å². The molecule has 6 heteroatoms. The third kappa shape index (κ3) is 2.69. The summed E-state index contributed by atoms with van der Waals surface area (Å²) in [6.07, 6.45) is 8.41. The molecule has 2 aliphatic carbocycles. The predicted octanol–water partition coefficient (Wildman–Crippen LogP) is 3.47. The average Bonchev–Trinajstić information content (AvgIpc) is 3.48. The van der Waals surface area contributed by atoms with Crippen LogP contribution in [0.2, 0.25) is 0 Å². The van der Waals surface area contributed by atoms with Gasteiger partial charge in [0.1, 0.15) is 0 Å². The first-order valence-electron chi connectivity index (χ1n) is 9.51. The molecule has 0 unspecified atom stereocenters. The molecule has 2 aromatic heterocycles. The van der Waals surface area contributed by atoms with Crippen LogP contribution >= 0.6 is 11.3 Å². The molecule has 3 aliphatic rings. The molecular weight excluding hydrogens is 508 g/mol. The fourth-order valence-corrected chi connectivity index (χ4v) is 7.72. The first kappa shape index (κ1) is 18.0. The number of ketones is 2. The Kier molecular flexibility index (Phi) is 4.14. The van der Waals surface area contributed by atoms with Gasteiger partial charge in [0.25, 0.3) is 0 Å². The number of benzene rings is 1. The van der Waals surface area contributed by atoms with Crippen molar-refractivity contribution in [3.8, 4) is 0 Å². The van der Waals surface area contributed by atoms with E-state index in [-0.39, 0.29) is 17.1 Å². The zero-order valence-corrected chi connectivity index (χ0v) is 18.8. The van der Waals surface area contributed by atoms with Crippen LogP contribution in [-0.2, 0) is 0 Å². The van der Waals surface area contributed by atoms with Gasteiger partial charge in [0.05, 0.1) is 0 Å². The molecule has 0 saturated heterocycles. The third-order valence-corrected chi connectivity index (χ3v) is 9.38. The van der Waals surface area contributed by atoms with E-state index in [1.54, 1.807) is 17.5 Å². The number of Topliss-reactive ketones (excluding diaryl/α,β-unsaturated/α-hetero) is 2. The van der Waals surface area contributed by atoms with E-state index in [0.717, 1.165) is 17.0 Å². The molecule has 3 aromatic rings.